The molecule has 2 nitrogen and oxygen atoms in total. The molecule has 1 unspecified atom stereocenters. The fourth-order valence-corrected chi connectivity index (χ4v) is 1.84. The minimum Gasteiger partial charge on any atom is -0.459 e. The minimum atomic E-state index is 0.0230. The van der Waals surface area contributed by atoms with E-state index in [2.05, 4.69) is 26.0 Å². The fraction of sp³-hybridized carbons (Fsp3) is 0.429. The van der Waals surface area contributed by atoms with E-state index in [1.807, 2.05) is 18.2 Å². The molecule has 16 heavy (non-hydrogen) atoms. The second-order valence-electron chi connectivity index (χ2n) is 4.76. The predicted molar refractivity (Wildman–Crippen MR) is 67.2 cm³/mol. The van der Waals surface area contributed by atoms with Gasteiger partial charge in [0, 0.05) is 5.39 Å². The van der Waals surface area contributed by atoms with Crippen LogP contribution < -0.4 is 5.73 Å². The van der Waals surface area contributed by atoms with E-state index in [-0.39, 0.29) is 6.04 Å². The topological polar surface area (TPSA) is 39.2 Å². The normalized spacial score (nSPS) is 13.5. The third-order valence-electron chi connectivity index (χ3n) is 2.87. The quantitative estimate of drug-likeness (QED) is 0.844. The monoisotopic (exact) mass is 217 g/mol. The van der Waals surface area contributed by atoms with Gasteiger partial charge in [-0.2, -0.15) is 0 Å². The van der Waals surface area contributed by atoms with Crippen LogP contribution in [-0.4, -0.2) is 0 Å². The van der Waals surface area contributed by atoms with E-state index in [4.69, 9.17) is 10.2 Å². The highest BCUT2D eigenvalue weighted by Gasteiger charge is 2.12. The maximum Gasteiger partial charge on any atom is 0.134 e. The zero-order chi connectivity index (χ0) is 11.5. The summed E-state index contributed by atoms with van der Waals surface area (Å²) in [7, 11) is 0. The van der Waals surface area contributed by atoms with Crippen molar-refractivity contribution in [1.82, 2.24) is 0 Å². The molecule has 1 atom stereocenters. The molecule has 1 aromatic heterocycles. The Morgan fingerprint density at radius 2 is 1.94 bits per heavy atom. The van der Waals surface area contributed by atoms with Gasteiger partial charge in [-0.05, 0) is 30.9 Å². The minimum absolute atomic E-state index is 0.0230. The van der Waals surface area contributed by atoms with Gasteiger partial charge in [-0.15, -0.1) is 0 Å². The molecule has 0 saturated heterocycles. The lowest BCUT2D eigenvalue weighted by Gasteiger charge is -2.09. The Morgan fingerprint density at radius 1 is 1.19 bits per heavy atom. The van der Waals surface area contributed by atoms with Gasteiger partial charge in [0.1, 0.15) is 11.3 Å². The number of hydrogen-bond donors (Lipinski definition) is 1. The summed E-state index contributed by atoms with van der Waals surface area (Å²) in [6.07, 6.45) is 2.12. The molecule has 0 aliphatic rings. The van der Waals surface area contributed by atoms with E-state index in [0.29, 0.717) is 5.92 Å². The molecule has 0 aliphatic heterocycles. The number of para-hydroxylation sites is 1. The van der Waals surface area contributed by atoms with Crippen molar-refractivity contribution in [2.75, 3.05) is 0 Å². The van der Waals surface area contributed by atoms with Gasteiger partial charge in [-0.3, -0.25) is 0 Å². The zero-order valence-corrected chi connectivity index (χ0v) is 9.94. The first-order valence-electron chi connectivity index (χ1n) is 5.91. The van der Waals surface area contributed by atoms with Crippen LogP contribution in [-0.2, 0) is 0 Å². The third-order valence-corrected chi connectivity index (χ3v) is 2.87. The van der Waals surface area contributed by atoms with Gasteiger partial charge >= 0.3 is 0 Å². The maximum absolute atomic E-state index is 6.11. The molecular formula is C14H19NO. The van der Waals surface area contributed by atoms with E-state index >= 15 is 0 Å². The number of hydrogen-bond acceptors (Lipinski definition) is 2. The predicted octanol–water partition coefficient (Wildman–Crippen LogP) is 3.87. The van der Waals surface area contributed by atoms with Crippen molar-refractivity contribution in [2.24, 2.45) is 11.7 Å². The maximum atomic E-state index is 6.11. The van der Waals surface area contributed by atoms with Crippen molar-refractivity contribution < 1.29 is 4.42 Å². The van der Waals surface area contributed by atoms with Gasteiger partial charge in [-0.1, -0.05) is 32.0 Å². The molecule has 0 saturated carbocycles. The van der Waals surface area contributed by atoms with Crippen LogP contribution in [0.2, 0.25) is 0 Å². The van der Waals surface area contributed by atoms with E-state index < -0.39 is 0 Å². The Labute approximate surface area is 96.4 Å². The van der Waals surface area contributed by atoms with Gasteiger partial charge in [0.25, 0.3) is 0 Å². The van der Waals surface area contributed by atoms with Crippen LogP contribution in [0.15, 0.2) is 34.7 Å². The van der Waals surface area contributed by atoms with Crippen molar-refractivity contribution in [3.05, 3.63) is 36.1 Å². The molecule has 2 aromatic rings. The Morgan fingerprint density at radius 3 is 2.62 bits per heavy atom. The lowest BCUT2D eigenvalue weighted by atomic mass is 10.0. The standard InChI is InChI=1S/C14H19NO/c1-10(2)7-8-12(15)14-9-11-5-3-4-6-13(11)16-14/h3-6,9-10,12H,7-8,15H2,1-2H3. The number of benzene rings is 1. The molecule has 2 heteroatoms. The molecule has 1 aromatic carbocycles. The molecule has 2 N–H and O–H groups in total. The average molecular weight is 217 g/mol. The number of rotatable bonds is 4. The Bertz CT molecular complexity index is 425. The molecule has 2 rings (SSSR count). The zero-order valence-electron chi connectivity index (χ0n) is 9.94. The summed E-state index contributed by atoms with van der Waals surface area (Å²) in [6.45, 7) is 4.43. The van der Waals surface area contributed by atoms with E-state index in [0.717, 1.165) is 29.6 Å². The first kappa shape index (κ1) is 11.2. The summed E-state index contributed by atoms with van der Waals surface area (Å²) in [5.41, 5.74) is 7.04. The first-order chi connectivity index (χ1) is 7.66. The average Bonchev–Trinajstić information content (AvgIpc) is 2.69. The van der Waals surface area contributed by atoms with Crippen molar-refractivity contribution in [2.45, 2.75) is 32.7 Å². The van der Waals surface area contributed by atoms with E-state index in [9.17, 15) is 0 Å². The smallest absolute Gasteiger partial charge is 0.134 e. The summed E-state index contributed by atoms with van der Waals surface area (Å²) < 4.78 is 5.74. The van der Waals surface area contributed by atoms with Crippen molar-refractivity contribution >= 4 is 11.0 Å². The summed E-state index contributed by atoms with van der Waals surface area (Å²) in [6, 6.07) is 10.1. The molecule has 86 valence electrons. The van der Waals surface area contributed by atoms with Crippen LogP contribution >= 0.6 is 0 Å². The van der Waals surface area contributed by atoms with Crippen LogP contribution in [0.5, 0.6) is 0 Å². The largest absolute Gasteiger partial charge is 0.459 e. The Kier molecular flexibility index (Phi) is 3.30. The highest BCUT2D eigenvalue weighted by molar-refractivity contribution is 5.77. The molecule has 0 amide bonds. The van der Waals surface area contributed by atoms with Crippen LogP contribution in [0.1, 0.15) is 38.5 Å². The second-order valence-corrected chi connectivity index (χ2v) is 4.76. The van der Waals surface area contributed by atoms with Crippen molar-refractivity contribution in [3.63, 3.8) is 0 Å². The molecule has 0 bridgehead atoms. The van der Waals surface area contributed by atoms with Crippen LogP contribution in [0.3, 0.4) is 0 Å². The molecule has 1 heterocycles. The van der Waals surface area contributed by atoms with Crippen LogP contribution in [0.4, 0.5) is 0 Å². The lowest BCUT2D eigenvalue weighted by Crippen LogP contribution is -2.10. The summed E-state index contributed by atoms with van der Waals surface area (Å²) in [5, 5.41) is 1.14. The number of nitrogens with two attached hydrogens (primary N) is 1. The van der Waals surface area contributed by atoms with E-state index in [1.54, 1.807) is 0 Å². The van der Waals surface area contributed by atoms with Gasteiger partial charge in [0.15, 0.2) is 0 Å². The molecule has 0 aliphatic carbocycles. The molecular weight excluding hydrogens is 198 g/mol. The molecule has 0 radical (unpaired) electrons. The van der Waals surface area contributed by atoms with Crippen molar-refractivity contribution in [3.8, 4) is 0 Å². The Balaban J connectivity index is 2.13. The summed E-state index contributed by atoms with van der Waals surface area (Å²) >= 11 is 0. The third kappa shape index (κ3) is 2.45. The SMILES string of the molecule is CC(C)CCC(N)c1cc2ccccc2o1. The van der Waals surface area contributed by atoms with Gasteiger partial charge in [0.2, 0.25) is 0 Å². The number of furan rings is 1. The highest BCUT2D eigenvalue weighted by Crippen LogP contribution is 2.25. The summed E-state index contributed by atoms with van der Waals surface area (Å²) in [5.74, 6) is 1.59. The summed E-state index contributed by atoms with van der Waals surface area (Å²) in [4.78, 5) is 0. The second kappa shape index (κ2) is 4.71. The fourth-order valence-electron chi connectivity index (χ4n) is 1.84. The van der Waals surface area contributed by atoms with Gasteiger partial charge in [0.05, 0.1) is 6.04 Å². The van der Waals surface area contributed by atoms with Crippen LogP contribution in [0, 0.1) is 5.92 Å². The molecule has 0 spiro atoms. The van der Waals surface area contributed by atoms with Crippen LogP contribution in [0.25, 0.3) is 11.0 Å². The highest BCUT2D eigenvalue weighted by atomic mass is 16.3. The van der Waals surface area contributed by atoms with Gasteiger partial charge in [-0.25, -0.2) is 0 Å². The molecule has 0 fully saturated rings. The van der Waals surface area contributed by atoms with Crippen molar-refractivity contribution in [1.29, 1.82) is 0 Å². The van der Waals surface area contributed by atoms with Gasteiger partial charge < -0.3 is 10.2 Å². The Hall–Kier alpha value is -1.28. The first-order valence-corrected chi connectivity index (χ1v) is 5.91. The number of fused-ring (bicyclic) bond motifs is 1. The lowest BCUT2D eigenvalue weighted by molar-refractivity contribution is 0.440. The van der Waals surface area contributed by atoms with E-state index in [1.165, 1.54) is 0 Å².